The zero-order valence-corrected chi connectivity index (χ0v) is 17.8. The Labute approximate surface area is 172 Å². The van der Waals surface area contributed by atoms with Crippen LogP contribution in [0.3, 0.4) is 0 Å². The average molecular weight is 395 g/mol. The molecule has 4 rings (SSSR count). The van der Waals surface area contributed by atoms with Crippen LogP contribution in [0.25, 0.3) is 11.0 Å². The quantitative estimate of drug-likeness (QED) is 0.645. The first-order valence-corrected chi connectivity index (χ1v) is 10.5. The standard InChI is InChI=1S/C24H30N2O3/c1-15-12-19-18(4)23(29-22(19)13-16(15)2)24(27)25-14-20(21-9-8-17(3)28-21)26-10-6-5-7-11-26/h8-9,12-13,20H,5-7,10-11,14H2,1-4H3,(H,25,27)/t20-/m1/s1. The molecular formula is C24H30N2O3. The van der Waals surface area contributed by atoms with Gasteiger partial charge in [0.2, 0.25) is 0 Å². The van der Waals surface area contributed by atoms with E-state index < -0.39 is 0 Å². The summed E-state index contributed by atoms with van der Waals surface area (Å²) >= 11 is 0. The highest BCUT2D eigenvalue weighted by Crippen LogP contribution is 2.29. The van der Waals surface area contributed by atoms with Crippen LogP contribution < -0.4 is 5.32 Å². The zero-order valence-electron chi connectivity index (χ0n) is 17.8. The van der Waals surface area contributed by atoms with Crippen molar-refractivity contribution in [1.29, 1.82) is 0 Å². The zero-order chi connectivity index (χ0) is 20.5. The van der Waals surface area contributed by atoms with E-state index in [0.29, 0.717) is 12.3 Å². The number of nitrogens with zero attached hydrogens (tertiary/aromatic N) is 1. The van der Waals surface area contributed by atoms with Crippen LogP contribution in [0, 0.1) is 27.7 Å². The monoisotopic (exact) mass is 394 g/mol. The molecule has 1 N–H and O–H groups in total. The molecule has 0 saturated carbocycles. The van der Waals surface area contributed by atoms with Crippen molar-refractivity contribution in [2.45, 2.75) is 53.0 Å². The molecule has 2 aromatic heterocycles. The van der Waals surface area contributed by atoms with Crippen LogP contribution in [0.1, 0.15) is 64.1 Å². The fourth-order valence-corrected chi connectivity index (χ4v) is 4.23. The van der Waals surface area contributed by atoms with E-state index in [1.54, 1.807) is 0 Å². The fraction of sp³-hybridized carbons (Fsp3) is 0.458. The lowest BCUT2D eigenvalue weighted by Crippen LogP contribution is -2.40. The minimum Gasteiger partial charge on any atom is -0.465 e. The summed E-state index contributed by atoms with van der Waals surface area (Å²) in [5.41, 5.74) is 4.03. The van der Waals surface area contributed by atoms with E-state index in [-0.39, 0.29) is 11.9 Å². The molecule has 29 heavy (non-hydrogen) atoms. The first-order chi connectivity index (χ1) is 13.9. The Balaban J connectivity index is 1.55. The molecule has 1 amide bonds. The highest BCUT2D eigenvalue weighted by atomic mass is 16.3. The molecule has 1 aliphatic rings. The second kappa shape index (κ2) is 8.07. The molecule has 1 aliphatic heterocycles. The Morgan fingerprint density at radius 3 is 2.45 bits per heavy atom. The number of benzene rings is 1. The van der Waals surface area contributed by atoms with E-state index in [0.717, 1.165) is 46.7 Å². The van der Waals surface area contributed by atoms with Gasteiger partial charge in [-0.1, -0.05) is 6.42 Å². The predicted molar refractivity (Wildman–Crippen MR) is 114 cm³/mol. The maximum absolute atomic E-state index is 13.0. The Morgan fingerprint density at radius 2 is 1.76 bits per heavy atom. The molecule has 1 saturated heterocycles. The largest absolute Gasteiger partial charge is 0.465 e. The predicted octanol–water partition coefficient (Wildman–Crippen LogP) is 5.22. The van der Waals surface area contributed by atoms with Gasteiger partial charge in [0, 0.05) is 17.5 Å². The number of rotatable bonds is 5. The van der Waals surface area contributed by atoms with Gasteiger partial charge in [0.15, 0.2) is 5.76 Å². The van der Waals surface area contributed by atoms with Crippen molar-refractivity contribution in [2.24, 2.45) is 0 Å². The van der Waals surface area contributed by atoms with E-state index >= 15 is 0 Å². The minimum atomic E-state index is -0.167. The molecule has 3 aromatic rings. The Hall–Kier alpha value is -2.53. The molecule has 3 heterocycles. The van der Waals surface area contributed by atoms with E-state index in [1.165, 1.54) is 24.8 Å². The molecule has 1 fully saturated rings. The van der Waals surface area contributed by atoms with Crippen molar-refractivity contribution >= 4 is 16.9 Å². The van der Waals surface area contributed by atoms with Gasteiger partial charge in [-0.2, -0.15) is 0 Å². The van der Waals surface area contributed by atoms with Crippen LogP contribution in [-0.2, 0) is 0 Å². The van der Waals surface area contributed by atoms with Crippen molar-refractivity contribution < 1.29 is 13.6 Å². The Morgan fingerprint density at radius 1 is 1.03 bits per heavy atom. The van der Waals surface area contributed by atoms with Crippen molar-refractivity contribution in [3.8, 4) is 0 Å². The fourth-order valence-electron chi connectivity index (χ4n) is 4.23. The van der Waals surface area contributed by atoms with Crippen LogP contribution in [0.5, 0.6) is 0 Å². The van der Waals surface area contributed by atoms with Crippen LogP contribution >= 0.6 is 0 Å². The Bertz CT molecular complexity index is 1020. The van der Waals surface area contributed by atoms with Crippen molar-refractivity contribution in [3.05, 3.63) is 58.2 Å². The van der Waals surface area contributed by atoms with E-state index in [4.69, 9.17) is 8.83 Å². The summed E-state index contributed by atoms with van der Waals surface area (Å²) in [6.07, 6.45) is 3.64. The molecule has 0 bridgehead atoms. The number of amides is 1. The van der Waals surface area contributed by atoms with Crippen LogP contribution in [0.4, 0.5) is 0 Å². The number of piperidine rings is 1. The van der Waals surface area contributed by atoms with Crippen LogP contribution in [-0.4, -0.2) is 30.4 Å². The topological polar surface area (TPSA) is 58.6 Å². The van der Waals surface area contributed by atoms with E-state index in [1.807, 2.05) is 32.0 Å². The number of hydrogen-bond donors (Lipinski definition) is 1. The molecule has 0 spiro atoms. The van der Waals surface area contributed by atoms with Gasteiger partial charge in [0.05, 0.1) is 6.04 Å². The van der Waals surface area contributed by atoms with Crippen LogP contribution in [0.15, 0.2) is 33.1 Å². The number of furan rings is 2. The summed E-state index contributed by atoms with van der Waals surface area (Å²) in [7, 11) is 0. The first kappa shape index (κ1) is 19.8. The lowest BCUT2D eigenvalue weighted by molar-refractivity contribution is 0.0888. The third-order valence-corrected chi connectivity index (χ3v) is 6.14. The second-order valence-corrected chi connectivity index (χ2v) is 8.26. The summed E-state index contributed by atoms with van der Waals surface area (Å²) < 4.78 is 11.9. The van der Waals surface area contributed by atoms with Gasteiger partial charge >= 0.3 is 0 Å². The smallest absolute Gasteiger partial charge is 0.287 e. The Kier molecular flexibility index (Phi) is 5.50. The van der Waals surface area contributed by atoms with Gasteiger partial charge in [0.25, 0.3) is 5.91 Å². The van der Waals surface area contributed by atoms with Crippen LogP contribution in [0.2, 0.25) is 0 Å². The molecule has 5 heteroatoms. The lowest BCUT2D eigenvalue weighted by Gasteiger charge is -2.33. The summed E-state index contributed by atoms with van der Waals surface area (Å²) in [5.74, 6) is 2.04. The summed E-state index contributed by atoms with van der Waals surface area (Å²) in [4.78, 5) is 15.4. The van der Waals surface area contributed by atoms with Crippen molar-refractivity contribution in [3.63, 3.8) is 0 Å². The lowest BCUT2D eigenvalue weighted by atomic mass is 10.0. The highest BCUT2D eigenvalue weighted by molar-refractivity contribution is 5.99. The van der Waals surface area contributed by atoms with E-state index in [2.05, 4.69) is 30.1 Å². The number of hydrogen-bond acceptors (Lipinski definition) is 4. The maximum Gasteiger partial charge on any atom is 0.287 e. The molecule has 1 aromatic carbocycles. The number of carbonyl (C=O) groups excluding carboxylic acids is 1. The van der Waals surface area contributed by atoms with Gasteiger partial charge in [-0.25, -0.2) is 0 Å². The normalized spacial score (nSPS) is 16.3. The van der Waals surface area contributed by atoms with Gasteiger partial charge in [-0.05, 0) is 89.0 Å². The first-order valence-electron chi connectivity index (χ1n) is 10.5. The molecule has 0 aliphatic carbocycles. The molecule has 1 atom stereocenters. The number of fused-ring (bicyclic) bond motifs is 1. The molecule has 5 nitrogen and oxygen atoms in total. The van der Waals surface area contributed by atoms with Crippen molar-refractivity contribution in [1.82, 2.24) is 10.2 Å². The number of carbonyl (C=O) groups is 1. The van der Waals surface area contributed by atoms with Gasteiger partial charge in [0.1, 0.15) is 17.1 Å². The number of aryl methyl sites for hydroxylation is 4. The third kappa shape index (κ3) is 3.97. The minimum absolute atomic E-state index is 0.0436. The molecule has 0 radical (unpaired) electrons. The molecule has 0 unspecified atom stereocenters. The maximum atomic E-state index is 13.0. The highest BCUT2D eigenvalue weighted by Gasteiger charge is 2.26. The average Bonchev–Trinajstić information content (AvgIpc) is 3.27. The number of likely N-dealkylation sites (tertiary alicyclic amines) is 1. The van der Waals surface area contributed by atoms with Gasteiger partial charge < -0.3 is 14.2 Å². The number of nitrogens with one attached hydrogen (secondary N) is 1. The molecule has 154 valence electrons. The van der Waals surface area contributed by atoms with E-state index in [9.17, 15) is 4.79 Å². The molecular weight excluding hydrogens is 364 g/mol. The van der Waals surface area contributed by atoms with Crippen molar-refractivity contribution in [2.75, 3.05) is 19.6 Å². The third-order valence-electron chi connectivity index (χ3n) is 6.14. The SMILES string of the molecule is Cc1ccc([C@@H](CNC(=O)c2oc3cc(C)c(C)cc3c2C)N2CCCCC2)o1. The summed E-state index contributed by atoms with van der Waals surface area (Å²) in [6.45, 7) is 10.6. The van der Waals surface area contributed by atoms with Gasteiger partial charge in [-0.3, -0.25) is 9.69 Å². The van der Waals surface area contributed by atoms with Gasteiger partial charge in [-0.15, -0.1) is 0 Å². The second-order valence-electron chi connectivity index (χ2n) is 8.26. The summed E-state index contributed by atoms with van der Waals surface area (Å²) in [5, 5.41) is 4.11. The summed E-state index contributed by atoms with van der Waals surface area (Å²) in [6, 6.07) is 8.17.